The van der Waals surface area contributed by atoms with Gasteiger partial charge in [-0.2, -0.15) is 0 Å². The zero-order valence-electron chi connectivity index (χ0n) is 11.5. The van der Waals surface area contributed by atoms with Crippen LogP contribution in [0.2, 0.25) is 5.02 Å². The second-order valence-electron chi connectivity index (χ2n) is 4.53. The fraction of sp³-hybridized carbons (Fsp3) is 0.250. The van der Waals surface area contributed by atoms with E-state index >= 15 is 0 Å². The Balaban J connectivity index is 1.92. The molecular weight excluding hydrogens is 293 g/mol. The Morgan fingerprint density at radius 2 is 1.95 bits per heavy atom. The predicted molar refractivity (Wildman–Crippen MR) is 81.0 cm³/mol. The Labute approximate surface area is 128 Å². The van der Waals surface area contributed by atoms with Gasteiger partial charge in [-0.15, -0.1) is 0 Å². The van der Waals surface area contributed by atoms with Crippen molar-refractivity contribution in [2.75, 3.05) is 13.2 Å². The number of benzene rings is 2. The smallest absolute Gasteiger partial charge is 0.142 e. The van der Waals surface area contributed by atoms with Gasteiger partial charge in [-0.25, -0.2) is 4.39 Å². The van der Waals surface area contributed by atoms with Gasteiger partial charge in [-0.1, -0.05) is 35.9 Å². The first-order valence-electron chi connectivity index (χ1n) is 6.67. The number of nitrogens with one attached hydrogen (secondary N) is 1. The minimum Gasteiger partial charge on any atom is -0.491 e. The van der Waals surface area contributed by atoms with Gasteiger partial charge in [-0.3, -0.25) is 0 Å². The highest BCUT2D eigenvalue weighted by atomic mass is 35.5. The molecule has 0 bridgehead atoms. The minimum atomic E-state index is -0.414. The molecule has 0 radical (unpaired) electrons. The van der Waals surface area contributed by atoms with Crippen molar-refractivity contribution < 1.29 is 14.2 Å². The van der Waals surface area contributed by atoms with E-state index in [1.807, 2.05) is 24.3 Å². The Hall–Kier alpha value is -1.62. The van der Waals surface area contributed by atoms with Crippen molar-refractivity contribution in [3.8, 4) is 5.75 Å². The minimum absolute atomic E-state index is 0.0220. The summed E-state index contributed by atoms with van der Waals surface area (Å²) in [6, 6.07) is 12.4. The topological polar surface area (TPSA) is 41.5 Å². The fourth-order valence-electron chi connectivity index (χ4n) is 1.94. The van der Waals surface area contributed by atoms with Crippen LogP contribution in [0.1, 0.15) is 11.1 Å². The van der Waals surface area contributed by atoms with Crippen LogP contribution in [0.4, 0.5) is 4.39 Å². The third kappa shape index (κ3) is 4.70. The van der Waals surface area contributed by atoms with E-state index in [4.69, 9.17) is 21.4 Å². The number of hydrogen-bond donors (Lipinski definition) is 2. The first-order chi connectivity index (χ1) is 10.2. The maximum atomic E-state index is 13.3. The van der Waals surface area contributed by atoms with Crippen molar-refractivity contribution in [3.63, 3.8) is 0 Å². The number of aliphatic hydroxyl groups excluding tert-OH is 1. The van der Waals surface area contributed by atoms with E-state index in [0.717, 1.165) is 16.9 Å². The molecule has 2 aromatic rings. The van der Waals surface area contributed by atoms with Gasteiger partial charge in [0.2, 0.25) is 0 Å². The molecular formula is C16H17ClFNO2. The zero-order valence-corrected chi connectivity index (χ0v) is 12.2. The van der Waals surface area contributed by atoms with Crippen LogP contribution in [0.5, 0.6) is 5.75 Å². The summed E-state index contributed by atoms with van der Waals surface area (Å²) in [5, 5.41) is 12.2. The summed E-state index contributed by atoms with van der Waals surface area (Å²) in [5.41, 5.74) is 1.81. The average molecular weight is 310 g/mol. The molecule has 3 nitrogen and oxygen atoms in total. The van der Waals surface area contributed by atoms with Gasteiger partial charge in [0.25, 0.3) is 0 Å². The Kier molecular flexibility index (Phi) is 5.99. The Morgan fingerprint density at radius 1 is 1.14 bits per heavy atom. The highest BCUT2D eigenvalue weighted by molar-refractivity contribution is 6.30. The molecule has 0 heterocycles. The van der Waals surface area contributed by atoms with Crippen molar-refractivity contribution >= 4 is 11.6 Å². The first-order valence-corrected chi connectivity index (χ1v) is 7.04. The molecule has 0 aliphatic heterocycles. The maximum absolute atomic E-state index is 13.3. The quantitative estimate of drug-likeness (QED) is 0.825. The molecule has 0 saturated heterocycles. The third-order valence-corrected chi connectivity index (χ3v) is 3.26. The normalized spacial score (nSPS) is 10.6. The summed E-state index contributed by atoms with van der Waals surface area (Å²) in [6.07, 6.45) is 0. The van der Waals surface area contributed by atoms with Crippen molar-refractivity contribution in [2.45, 2.75) is 13.1 Å². The lowest BCUT2D eigenvalue weighted by molar-refractivity contribution is 0.200. The second kappa shape index (κ2) is 7.98. The molecule has 0 spiro atoms. The summed E-state index contributed by atoms with van der Waals surface area (Å²) in [7, 11) is 0. The number of halogens is 2. The van der Waals surface area contributed by atoms with Gasteiger partial charge in [0.05, 0.1) is 11.6 Å². The molecule has 0 unspecified atom stereocenters. The molecule has 0 aliphatic rings. The first kappa shape index (κ1) is 15.8. The SMILES string of the molecule is OCCOc1ccccc1CNCc1ccc(Cl)c(F)c1. The number of aliphatic hydroxyl groups is 1. The summed E-state index contributed by atoms with van der Waals surface area (Å²) in [5.74, 6) is 0.323. The van der Waals surface area contributed by atoms with E-state index in [1.165, 1.54) is 6.07 Å². The molecule has 0 fully saturated rings. The Bertz CT molecular complexity index is 592. The monoisotopic (exact) mass is 309 g/mol. The van der Waals surface area contributed by atoms with Gasteiger partial charge in [0, 0.05) is 18.7 Å². The van der Waals surface area contributed by atoms with Gasteiger partial charge in [0.1, 0.15) is 18.2 Å². The van der Waals surface area contributed by atoms with Gasteiger partial charge < -0.3 is 15.2 Å². The van der Waals surface area contributed by atoms with Crippen LogP contribution in [-0.4, -0.2) is 18.3 Å². The Morgan fingerprint density at radius 3 is 2.71 bits per heavy atom. The highest BCUT2D eigenvalue weighted by Gasteiger charge is 2.04. The fourth-order valence-corrected chi connectivity index (χ4v) is 2.05. The predicted octanol–water partition coefficient (Wildman–Crippen LogP) is 3.14. The summed E-state index contributed by atoms with van der Waals surface area (Å²) in [4.78, 5) is 0. The van der Waals surface area contributed by atoms with Crippen LogP contribution < -0.4 is 10.1 Å². The summed E-state index contributed by atoms with van der Waals surface area (Å²) in [6.45, 7) is 1.36. The number of hydrogen-bond acceptors (Lipinski definition) is 3. The zero-order chi connectivity index (χ0) is 15.1. The molecule has 2 rings (SSSR count). The standard InChI is InChI=1S/C16H17ClFNO2/c17-14-6-5-12(9-15(14)18)10-19-11-13-3-1-2-4-16(13)21-8-7-20/h1-6,9,19-20H,7-8,10-11H2. The molecule has 0 atom stereocenters. The van der Waals surface area contributed by atoms with E-state index in [0.29, 0.717) is 13.1 Å². The lowest BCUT2D eigenvalue weighted by Crippen LogP contribution is -2.14. The van der Waals surface area contributed by atoms with Crippen LogP contribution in [0.15, 0.2) is 42.5 Å². The molecule has 0 saturated carbocycles. The number of para-hydroxylation sites is 1. The second-order valence-corrected chi connectivity index (χ2v) is 4.94. The molecule has 5 heteroatoms. The van der Waals surface area contributed by atoms with E-state index in [9.17, 15) is 4.39 Å². The largest absolute Gasteiger partial charge is 0.491 e. The van der Waals surface area contributed by atoms with Gasteiger partial charge >= 0.3 is 0 Å². The van der Waals surface area contributed by atoms with E-state index in [-0.39, 0.29) is 18.2 Å². The molecule has 21 heavy (non-hydrogen) atoms. The van der Waals surface area contributed by atoms with Crippen LogP contribution >= 0.6 is 11.6 Å². The molecule has 112 valence electrons. The van der Waals surface area contributed by atoms with Crippen molar-refractivity contribution in [3.05, 3.63) is 64.4 Å². The summed E-state index contributed by atoms with van der Waals surface area (Å²) >= 11 is 5.65. The average Bonchev–Trinajstić information content (AvgIpc) is 2.50. The maximum Gasteiger partial charge on any atom is 0.142 e. The van der Waals surface area contributed by atoms with E-state index in [1.54, 1.807) is 12.1 Å². The van der Waals surface area contributed by atoms with Crippen molar-refractivity contribution in [1.29, 1.82) is 0 Å². The molecule has 0 amide bonds. The van der Waals surface area contributed by atoms with Crippen LogP contribution in [0.25, 0.3) is 0 Å². The molecule has 0 aromatic heterocycles. The summed E-state index contributed by atoms with van der Waals surface area (Å²) < 4.78 is 18.8. The number of ether oxygens (including phenoxy) is 1. The third-order valence-electron chi connectivity index (χ3n) is 2.95. The van der Waals surface area contributed by atoms with E-state index in [2.05, 4.69) is 5.32 Å². The number of rotatable bonds is 7. The lowest BCUT2D eigenvalue weighted by atomic mass is 10.2. The van der Waals surface area contributed by atoms with Crippen molar-refractivity contribution in [2.24, 2.45) is 0 Å². The van der Waals surface area contributed by atoms with Gasteiger partial charge in [-0.05, 0) is 23.8 Å². The van der Waals surface area contributed by atoms with Crippen LogP contribution in [-0.2, 0) is 13.1 Å². The van der Waals surface area contributed by atoms with Crippen LogP contribution in [0.3, 0.4) is 0 Å². The van der Waals surface area contributed by atoms with E-state index < -0.39 is 5.82 Å². The molecule has 0 aliphatic carbocycles. The van der Waals surface area contributed by atoms with Gasteiger partial charge in [0.15, 0.2) is 0 Å². The molecule has 2 aromatic carbocycles. The highest BCUT2D eigenvalue weighted by Crippen LogP contribution is 2.18. The van der Waals surface area contributed by atoms with Crippen LogP contribution in [0, 0.1) is 5.82 Å². The van der Waals surface area contributed by atoms with Crippen molar-refractivity contribution in [1.82, 2.24) is 5.32 Å². The lowest BCUT2D eigenvalue weighted by Gasteiger charge is -2.11. The molecule has 2 N–H and O–H groups in total.